The molecule has 5 heteroatoms. The van der Waals surface area contributed by atoms with Gasteiger partial charge in [-0.25, -0.2) is 9.69 Å². The highest BCUT2D eigenvalue weighted by Gasteiger charge is 2.63. The first-order valence-electron chi connectivity index (χ1n) is 9.07. The molecule has 3 amide bonds. The molecule has 1 saturated heterocycles. The summed E-state index contributed by atoms with van der Waals surface area (Å²) in [5, 5.41) is 1.82. The van der Waals surface area contributed by atoms with Gasteiger partial charge in [0.05, 0.1) is 11.9 Å². The van der Waals surface area contributed by atoms with Gasteiger partial charge in [0.15, 0.2) is 0 Å². The Balaban J connectivity index is 1.52. The van der Waals surface area contributed by atoms with Crippen LogP contribution in [0.2, 0.25) is 0 Å². The molecule has 0 bridgehead atoms. The molecule has 3 fully saturated rings. The van der Waals surface area contributed by atoms with Crippen LogP contribution in [0.5, 0.6) is 0 Å². The fourth-order valence-electron chi connectivity index (χ4n) is 4.76. The number of hydrogen-bond acceptors (Lipinski definition) is 3. The van der Waals surface area contributed by atoms with E-state index in [1.807, 2.05) is 24.3 Å². The maximum Gasteiger partial charge on any atom is 0.332 e. The quantitative estimate of drug-likeness (QED) is 0.788. The number of carbonyl (C=O) groups is 2. The second kappa shape index (κ2) is 5.04. The molecule has 5 rings (SSSR count). The number of hydrogen-bond donors (Lipinski definition) is 0. The smallest absolute Gasteiger partial charge is 0.312 e. The molecule has 0 radical (unpaired) electrons. The van der Waals surface area contributed by atoms with E-state index in [9.17, 15) is 9.59 Å². The number of aromatic nitrogens is 1. The SMILES string of the molecule is CN1C(=O)N(c2cncc3ccccc23)C(=O)C12CC(C1CCC1)C2. The van der Waals surface area contributed by atoms with Gasteiger partial charge >= 0.3 is 6.03 Å². The summed E-state index contributed by atoms with van der Waals surface area (Å²) in [7, 11) is 1.77. The number of carbonyl (C=O) groups excluding carboxylic acids is 2. The molecule has 2 aliphatic carbocycles. The number of imide groups is 1. The molecule has 0 N–H and O–H groups in total. The average Bonchev–Trinajstić information content (AvgIpc) is 2.73. The summed E-state index contributed by atoms with van der Waals surface area (Å²) in [5.74, 6) is 1.28. The number of pyridine rings is 1. The van der Waals surface area contributed by atoms with Crippen LogP contribution in [0.4, 0.5) is 10.5 Å². The summed E-state index contributed by atoms with van der Waals surface area (Å²) in [6.07, 6.45) is 8.89. The predicted octanol–water partition coefficient (Wildman–Crippen LogP) is 3.58. The monoisotopic (exact) mass is 335 g/mol. The number of nitrogens with zero attached hydrogens (tertiary/aromatic N) is 3. The summed E-state index contributed by atoms with van der Waals surface area (Å²) in [6, 6.07) is 7.52. The van der Waals surface area contributed by atoms with Crippen LogP contribution in [0.3, 0.4) is 0 Å². The molecule has 1 aromatic heterocycles. The van der Waals surface area contributed by atoms with Crippen molar-refractivity contribution < 1.29 is 9.59 Å². The van der Waals surface area contributed by atoms with Crippen molar-refractivity contribution in [1.29, 1.82) is 0 Å². The number of likely N-dealkylation sites (N-methyl/N-ethyl adjacent to an activating group) is 1. The zero-order valence-electron chi connectivity index (χ0n) is 14.3. The third kappa shape index (κ3) is 1.86. The Bertz CT molecular complexity index is 878. The molecule has 0 unspecified atom stereocenters. The molecule has 2 aromatic rings. The van der Waals surface area contributed by atoms with Crippen molar-refractivity contribution >= 4 is 28.4 Å². The Morgan fingerprint density at radius 1 is 1.08 bits per heavy atom. The van der Waals surface area contributed by atoms with Crippen molar-refractivity contribution in [3.05, 3.63) is 36.7 Å². The summed E-state index contributed by atoms with van der Waals surface area (Å²) < 4.78 is 0. The van der Waals surface area contributed by atoms with Gasteiger partial charge in [0, 0.05) is 24.0 Å². The van der Waals surface area contributed by atoms with Gasteiger partial charge in [-0.2, -0.15) is 0 Å². The Labute approximate surface area is 146 Å². The minimum absolute atomic E-state index is 0.0753. The van der Waals surface area contributed by atoms with Crippen molar-refractivity contribution in [2.75, 3.05) is 11.9 Å². The van der Waals surface area contributed by atoms with Crippen molar-refractivity contribution in [2.24, 2.45) is 11.8 Å². The van der Waals surface area contributed by atoms with E-state index in [0.717, 1.165) is 29.5 Å². The van der Waals surface area contributed by atoms with Crippen LogP contribution in [-0.4, -0.2) is 34.4 Å². The molecule has 1 spiro atoms. The van der Waals surface area contributed by atoms with E-state index in [0.29, 0.717) is 11.6 Å². The van der Waals surface area contributed by atoms with Crippen molar-refractivity contribution in [3.8, 4) is 0 Å². The second-order valence-corrected chi connectivity index (χ2v) is 7.75. The number of fused-ring (bicyclic) bond motifs is 1. The van der Waals surface area contributed by atoms with E-state index in [2.05, 4.69) is 4.98 Å². The molecule has 1 aromatic carbocycles. The number of anilines is 1. The fourth-order valence-corrected chi connectivity index (χ4v) is 4.76. The lowest BCUT2D eigenvalue weighted by Crippen LogP contribution is -2.59. The van der Waals surface area contributed by atoms with E-state index < -0.39 is 5.54 Å². The van der Waals surface area contributed by atoms with Gasteiger partial charge in [0.25, 0.3) is 5.91 Å². The minimum atomic E-state index is -0.631. The number of benzene rings is 1. The van der Waals surface area contributed by atoms with Crippen LogP contribution < -0.4 is 4.90 Å². The molecule has 3 aliphatic rings. The Kier molecular flexibility index (Phi) is 3.00. The van der Waals surface area contributed by atoms with Crippen molar-refractivity contribution in [3.63, 3.8) is 0 Å². The molecular weight excluding hydrogens is 314 g/mol. The molecule has 5 nitrogen and oxygen atoms in total. The summed E-state index contributed by atoms with van der Waals surface area (Å²) in [6.45, 7) is 0. The molecule has 0 atom stereocenters. The maximum absolute atomic E-state index is 13.3. The summed E-state index contributed by atoms with van der Waals surface area (Å²) >= 11 is 0. The van der Waals surface area contributed by atoms with E-state index in [-0.39, 0.29) is 11.9 Å². The van der Waals surface area contributed by atoms with Gasteiger partial charge in [-0.3, -0.25) is 9.78 Å². The minimum Gasteiger partial charge on any atom is -0.312 e. The molecule has 2 saturated carbocycles. The molecular formula is C20H21N3O2. The fraction of sp³-hybridized carbons (Fsp3) is 0.450. The normalized spacial score (nSPS) is 29.4. The lowest BCUT2D eigenvalue weighted by molar-refractivity contribution is -0.134. The maximum atomic E-state index is 13.3. The van der Waals surface area contributed by atoms with E-state index in [1.54, 1.807) is 24.3 Å². The highest BCUT2D eigenvalue weighted by atomic mass is 16.2. The largest absolute Gasteiger partial charge is 0.332 e. The van der Waals surface area contributed by atoms with Crippen LogP contribution in [0.15, 0.2) is 36.7 Å². The number of rotatable bonds is 2. The molecule has 25 heavy (non-hydrogen) atoms. The van der Waals surface area contributed by atoms with Crippen molar-refractivity contribution in [2.45, 2.75) is 37.6 Å². The van der Waals surface area contributed by atoms with Crippen LogP contribution in [0, 0.1) is 11.8 Å². The van der Waals surface area contributed by atoms with Crippen LogP contribution in [0.1, 0.15) is 32.1 Å². The van der Waals surface area contributed by atoms with Crippen molar-refractivity contribution in [1.82, 2.24) is 9.88 Å². The van der Waals surface area contributed by atoms with Gasteiger partial charge < -0.3 is 4.90 Å². The van der Waals surface area contributed by atoms with Crippen LogP contribution >= 0.6 is 0 Å². The zero-order chi connectivity index (χ0) is 17.2. The average molecular weight is 335 g/mol. The Hall–Kier alpha value is -2.43. The topological polar surface area (TPSA) is 53.5 Å². The zero-order valence-corrected chi connectivity index (χ0v) is 14.3. The number of amides is 3. The lowest BCUT2D eigenvalue weighted by Gasteiger charge is -2.51. The van der Waals surface area contributed by atoms with Gasteiger partial charge in [-0.1, -0.05) is 43.5 Å². The van der Waals surface area contributed by atoms with Crippen LogP contribution in [0.25, 0.3) is 10.8 Å². The lowest BCUT2D eigenvalue weighted by atomic mass is 9.58. The molecule has 2 heterocycles. The van der Waals surface area contributed by atoms with E-state index in [4.69, 9.17) is 0 Å². The standard InChI is InChI=1S/C20H21N3O2/c1-22-19(25)23(17-12-21-11-14-5-2-3-8-16(14)17)18(24)20(22)9-15(10-20)13-6-4-7-13/h2-3,5,8,11-13,15H,4,6-7,9-10H2,1H3. The van der Waals surface area contributed by atoms with Gasteiger partial charge in [-0.15, -0.1) is 0 Å². The van der Waals surface area contributed by atoms with Gasteiger partial charge in [0.1, 0.15) is 5.54 Å². The summed E-state index contributed by atoms with van der Waals surface area (Å²) in [5.41, 5.74) is -0.0298. The van der Waals surface area contributed by atoms with E-state index >= 15 is 0 Å². The number of urea groups is 1. The Morgan fingerprint density at radius 2 is 1.84 bits per heavy atom. The first-order valence-corrected chi connectivity index (χ1v) is 9.07. The third-order valence-electron chi connectivity index (χ3n) is 6.63. The molecule has 1 aliphatic heterocycles. The van der Waals surface area contributed by atoms with Gasteiger partial charge in [-0.05, 0) is 24.7 Å². The third-order valence-corrected chi connectivity index (χ3v) is 6.63. The highest BCUT2D eigenvalue weighted by Crippen LogP contribution is 2.54. The van der Waals surface area contributed by atoms with E-state index in [1.165, 1.54) is 24.2 Å². The first-order chi connectivity index (χ1) is 12.1. The predicted molar refractivity (Wildman–Crippen MR) is 95.2 cm³/mol. The molecule has 128 valence electrons. The first kappa shape index (κ1) is 14.9. The summed E-state index contributed by atoms with van der Waals surface area (Å²) in [4.78, 5) is 33.5. The Morgan fingerprint density at radius 3 is 2.56 bits per heavy atom. The highest BCUT2D eigenvalue weighted by molar-refractivity contribution is 6.26. The van der Waals surface area contributed by atoms with Crippen LogP contribution in [-0.2, 0) is 4.79 Å². The van der Waals surface area contributed by atoms with Gasteiger partial charge in [0.2, 0.25) is 0 Å². The second-order valence-electron chi connectivity index (χ2n) is 7.75.